The molecule has 1 N–H and O–H groups in total. The molecule has 2 unspecified atom stereocenters. The summed E-state index contributed by atoms with van der Waals surface area (Å²) in [7, 11) is 1.76. The summed E-state index contributed by atoms with van der Waals surface area (Å²) in [5, 5.41) is 3.63. The van der Waals surface area contributed by atoms with Gasteiger partial charge in [-0.2, -0.15) is 0 Å². The second-order valence-corrected chi connectivity index (χ2v) is 6.17. The van der Waals surface area contributed by atoms with E-state index in [-0.39, 0.29) is 6.10 Å². The lowest BCUT2D eigenvalue weighted by Gasteiger charge is -2.32. The molecule has 1 aliphatic heterocycles. The Labute approximate surface area is 126 Å². The summed E-state index contributed by atoms with van der Waals surface area (Å²) < 4.78 is 11.4. The molecule has 0 fully saturated rings. The predicted octanol–water partition coefficient (Wildman–Crippen LogP) is 3.33. The monoisotopic (exact) mass is 295 g/mol. The molecule has 2 atom stereocenters. The molecule has 0 radical (unpaired) electrons. The zero-order valence-electron chi connectivity index (χ0n) is 12.4. The normalized spacial score (nSPS) is 19.2. The van der Waals surface area contributed by atoms with Gasteiger partial charge in [-0.15, -0.1) is 11.8 Å². The van der Waals surface area contributed by atoms with Crippen LogP contribution in [0, 0.1) is 0 Å². The van der Waals surface area contributed by atoms with Crippen molar-refractivity contribution in [3.8, 4) is 5.75 Å². The molecule has 4 heteroatoms. The van der Waals surface area contributed by atoms with Gasteiger partial charge in [-0.3, -0.25) is 0 Å². The van der Waals surface area contributed by atoms with E-state index in [4.69, 9.17) is 9.47 Å². The number of para-hydroxylation sites is 1. The standard InChI is InChI=1S/C16H25NO2S/c1-3-10-17-13(7-6-11-18-2)15-12-20-16-9-5-4-8-14(16)19-15/h4-5,8-9,13,15,17H,3,6-7,10-12H2,1-2H3. The molecule has 0 saturated carbocycles. The van der Waals surface area contributed by atoms with Gasteiger partial charge in [-0.1, -0.05) is 19.1 Å². The number of thioether (sulfide) groups is 1. The molecule has 2 rings (SSSR count). The largest absolute Gasteiger partial charge is 0.487 e. The van der Waals surface area contributed by atoms with E-state index < -0.39 is 0 Å². The average molecular weight is 295 g/mol. The fraction of sp³-hybridized carbons (Fsp3) is 0.625. The first-order valence-electron chi connectivity index (χ1n) is 7.46. The molecule has 0 aromatic heterocycles. The molecular formula is C16H25NO2S. The lowest BCUT2D eigenvalue weighted by Crippen LogP contribution is -2.46. The number of hydrogen-bond donors (Lipinski definition) is 1. The Bertz CT molecular complexity index is 400. The molecule has 0 amide bonds. The van der Waals surface area contributed by atoms with Gasteiger partial charge < -0.3 is 14.8 Å². The lowest BCUT2D eigenvalue weighted by atomic mass is 10.1. The summed E-state index contributed by atoms with van der Waals surface area (Å²) in [6, 6.07) is 8.73. The van der Waals surface area contributed by atoms with E-state index >= 15 is 0 Å². The third-order valence-electron chi connectivity index (χ3n) is 3.50. The van der Waals surface area contributed by atoms with Crippen molar-refractivity contribution in [1.29, 1.82) is 0 Å². The molecule has 0 aliphatic carbocycles. The summed E-state index contributed by atoms with van der Waals surface area (Å²) in [5.41, 5.74) is 0. The summed E-state index contributed by atoms with van der Waals surface area (Å²) >= 11 is 1.90. The van der Waals surface area contributed by atoms with Gasteiger partial charge in [0.1, 0.15) is 11.9 Å². The minimum atomic E-state index is 0.248. The van der Waals surface area contributed by atoms with Crippen LogP contribution in [-0.4, -0.2) is 38.2 Å². The van der Waals surface area contributed by atoms with Gasteiger partial charge in [-0.05, 0) is 37.9 Å². The number of benzene rings is 1. The quantitative estimate of drug-likeness (QED) is 0.745. The summed E-state index contributed by atoms with van der Waals surface area (Å²) in [6.45, 7) is 4.07. The van der Waals surface area contributed by atoms with Crippen LogP contribution < -0.4 is 10.1 Å². The molecule has 1 aliphatic rings. The number of nitrogens with one attached hydrogen (secondary N) is 1. The molecule has 20 heavy (non-hydrogen) atoms. The van der Waals surface area contributed by atoms with Gasteiger partial charge in [0, 0.05) is 30.4 Å². The molecule has 1 heterocycles. The second-order valence-electron chi connectivity index (χ2n) is 5.11. The van der Waals surface area contributed by atoms with Gasteiger partial charge >= 0.3 is 0 Å². The van der Waals surface area contributed by atoms with E-state index in [2.05, 4.69) is 30.4 Å². The van der Waals surface area contributed by atoms with E-state index in [0.29, 0.717) is 6.04 Å². The zero-order chi connectivity index (χ0) is 14.2. The van der Waals surface area contributed by atoms with Crippen molar-refractivity contribution in [3.63, 3.8) is 0 Å². The van der Waals surface area contributed by atoms with Crippen LogP contribution in [0.25, 0.3) is 0 Å². The number of hydrogen-bond acceptors (Lipinski definition) is 4. The number of fused-ring (bicyclic) bond motifs is 1. The van der Waals surface area contributed by atoms with Crippen molar-refractivity contribution in [2.75, 3.05) is 26.0 Å². The molecular weight excluding hydrogens is 270 g/mol. The van der Waals surface area contributed by atoms with Crippen LogP contribution in [0.4, 0.5) is 0 Å². The molecule has 0 saturated heterocycles. The van der Waals surface area contributed by atoms with Crippen LogP contribution in [0.1, 0.15) is 26.2 Å². The van der Waals surface area contributed by atoms with Crippen LogP contribution >= 0.6 is 11.8 Å². The minimum Gasteiger partial charge on any atom is -0.487 e. The first kappa shape index (κ1) is 15.7. The lowest BCUT2D eigenvalue weighted by molar-refractivity contribution is 0.143. The van der Waals surface area contributed by atoms with Crippen molar-refractivity contribution in [2.24, 2.45) is 0 Å². The first-order valence-corrected chi connectivity index (χ1v) is 8.44. The summed E-state index contributed by atoms with van der Waals surface area (Å²) in [5.74, 6) is 2.05. The van der Waals surface area contributed by atoms with E-state index in [1.165, 1.54) is 4.90 Å². The maximum Gasteiger partial charge on any atom is 0.133 e. The Morgan fingerprint density at radius 3 is 3.10 bits per heavy atom. The zero-order valence-corrected chi connectivity index (χ0v) is 13.2. The van der Waals surface area contributed by atoms with Crippen molar-refractivity contribution in [2.45, 2.75) is 43.2 Å². The van der Waals surface area contributed by atoms with Crippen LogP contribution in [0.15, 0.2) is 29.2 Å². The summed E-state index contributed by atoms with van der Waals surface area (Å²) in [6.07, 6.45) is 3.57. The molecule has 1 aromatic rings. The van der Waals surface area contributed by atoms with Crippen molar-refractivity contribution >= 4 is 11.8 Å². The van der Waals surface area contributed by atoms with Crippen LogP contribution in [0.2, 0.25) is 0 Å². The van der Waals surface area contributed by atoms with Crippen molar-refractivity contribution < 1.29 is 9.47 Å². The third kappa shape index (κ3) is 4.40. The second kappa shape index (κ2) is 8.55. The fourth-order valence-electron chi connectivity index (χ4n) is 2.43. The van der Waals surface area contributed by atoms with Crippen LogP contribution in [0.3, 0.4) is 0 Å². The first-order chi connectivity index (χ1) is 9.85. The smallest absolute Gasteiger partial charge is 0.133 e. The van der Waals surface area contributed by atoms with Gasteiger partial charge in [0.25, 0.3) is 0 Å². The Hall–Kier alpha value is -0.710. The number of methoxy groups -OCH3 is 1. The number of rotatable bonds is 8. The van der Waals surface area contributed by atoms with Gasteiger partial charge in [-0.25, -0.2) is 0 Å². The van der Waals surface area contributed by atoms with E-state index in [0.717, 1.165) is 43.9 Å². The Morgan fingerprint density at radius 1 is 1.45 bits per heavy atom. The predicted molar refractivity (Wildman–Crippen MR) is 84.8 cm³/mol. The highest BCUT2D eigenvalue weighted by Gasteiger charge is 2.27. The Morgan fingerprint density at radius 2 is 2.30 bits per heavy atom. The van der Waals surface area contributed by atoms with Crippen molar-refractivity contribution in [1.82, 2.24) is 5.32 Å². The van der Waals surface area contributed by atoms with Gasteiger partial charge in [0.15, 0.2) is 0 Å². The molecule has 3 nitrogen and oxygen atoms in total. The van der Waals surface area contributed by atoms with E-state index in [1.807, 2.05) is 17.8 Å². The molecule has 0 spiro atoms. The maximum atomic E-state index is 6.20. The van der Waals surface area contributed by atoms with E-state index in [1.54, 1.807) is 7.11 Å². The van der Waals surface area contributed by atoms with E-state index in [9.17, 15) is 0 Å². The highest BCUT2D eigenvalue weighted by Crippen LogP contribution is 2.36. The highest BCUT2D eigenvalue weighted by atomic mass is 32.2. The topological polar surface area (TPSA) is 30.5 Å². The summed E-state index contributed by atoms with van der Waals surface area (Å²) in [4.78, 5) is 1.26. The highest BCUT2D eigenvalue weighted by molar-refractivity contribution is 7.99. The van der Waals surface area contributed by atoms with Crippen LogP contribution in [-0.2, 0) is 4.74 Å². The number of ether oxygens (including phenoxy) is 2. The molecule has 0 bridgehead atoms. The van der Waals surface area contributed by atoms with Crippen LogP contribution in [0.5, 0.6) is 5.75 Å². The SMILES string of the molecule is CCCNC(CCCOC)C1CSc2ccccc2O1. The Kier molecular flexibility index (Phi) is 6.70. The van der Waals surface area contributed by atoms with Gasteiger partial charge in [0.2, 0.25) is 0 Å². The minimum absolute atomic E-state index is 0.248. The third-order valence-corrected chi connectivity index (χ3v) is 4.64. The Balaban J connectivity index is 1.95. The fourth-order valence-corrected chi connectivity index (χ4v) is 3.51. The maximum absolute atomic E-state index is 6.20. The molecule has 1 aromatic carbocycles. The van der Waals surface area contributed by atoms with Gasteiger partial charge in [0.05, 0.1) is 0 Å². The average Bonchev–Trinajstić information content (AvgIpc) is 2.50. The molecule has 112 valence electrons. The van der Waals surface area contributed by atoms with Crippen molar-refractivity contribution in [3.05, 3.63) is 24.3 Å².